The van der Waals surface area contributed by atoms with Gasteiger partial charge in [0.05, 0.1) is 12.5 Å². The molecule has 1 atom stereocenters. The summed E-state index contributed by atoms with van der Waals surface area (Å²) in [5.74, 6) is -0.388. The lowest BCUT2D eigenvalue weighted by Gasteiger charge is -2.27. The van der Waals surface area contributed by atoms with Crippen LogP contribution in [0.15, 0.2) is 42.6 Å². The quantitative estimate of drug-likeness (QED) is 0.394. The van der Waals surface area contributed by atoms with Crippen LogP contribution < -0.4 is 4.90 Å². The fourth-order valence-electron chi connectivity index (χ4n) is 5.35. The van der Waals surface area contributed by atoms with Crippen molar-refractivity contribution >= 4 is 45.8 Å². The number of nitrogens with one attached hydrogen (secondary N) is 2. The molecule has 0 saturated heterocycles. The molecule has 0 amide bonds. The number of carbonyl (C=O) groups is 1. The SMILES string of the molecule is COC(=O)c1[nH]cc2c1[C@]1(CN(C)c3ccc(Cl)cc31)c1[nH]c3ccc(Cl)cc3c1-2. The number of hydrogen-bond acceptors (Lipinski definition) is 3. The Morgan fingerprint density at radius 3 is 2.73 bits per heavy atom. The number of anilines is 1. The van der Waals surface area contributed by atoms with E-state index in [0.717, 1.165) is 44.5 Å². The Balaban J connectivity index is 1.79. The Kier molecular flexibility index (Phi) is 3.49. The van der Waals surface area contributed by atoms with Crippen LogP contribution in [0.2, 0.25) is 10.0 Å². The maximum Gasteiger partial charge on any atom is 0.354 e. The zero-order chi connectivity index (χ0) is 20.8. The molecule has 0 unspecified atom stereocenters. The van der Waals surface area contributed by atoms with E-state index < -0.39 is 5.41 Å². The van der Waals surface area contributed by atoms with E-state index in [1.54, 1.807) is 0 Å². The third kappa shape index (κ3) is 2.02. The molecular weight excluding hydrogens is 421 g/mol. The molecule has 2 aromatic carbocycles. The zero-order valence-electron chi connectivity index (χ0n) is 16.3. The van der Waals surface area contributed by atoms with Crippen molar-refractivity contribution in [3.8, 4) is 11.1 Å². The summed E-state index contributed by atoms with van der Waals surface area (Å²) in [5.41, 5.74) is 7.08. The summed E-state index contributed by atoms with van der Waals surface area (Å²) >= 11 is 12.8. The Hall–Kier alpha value is -2.89. The molecule has 0 bridgehead atoms. The number of benzene rings is 2. The van der Waals surface area contributed by atoms with Gasteiger partial charge >= 0.3 is 5.97 Å². The highest BCUT2D eigenvalue weighted by Gasteiger charge is 2.55. The van der Waals surface area contributed by atoms with Crippen molar-refractivity contribution in [2.45, 2.75) is 5.41 Å². The molecular formula is C23H17Cl2N3O2. The first-order valence-electron chi connectivity index (χ1n) is 9.59. The summed E-state index contributed by atoms with van der Waals surface area (Å²) in [6, 6.07) is 11.8. The van der Waals surface area contributed by atoms with Gasteiger partial charge in [-0.3, -0.25) is 0 Å². The van der Waals surface area contributed by atoms with Crippen molar-refractivity contribution in [1.82, 2.24) is 9.97 Å². The first-order chi connectivity index (χ1) is 14.5. The largest absolute Gasteiger partial charge is 0.464 e. The number of likely N-dealkylation sites (N-methyl/N-ethyl adjacent to an activating group) is 1. The van der Waals surface area contributed by atoms with Crippen molar-refractivity contribution in [2.24, 2.45) is 0 Å². The number of methoxy groups -OCH3 is 1. The molecule has 6 rings (SSSR count). The second-order valence-electron chi connectivity index (χ2n) is 7.93. The smallest absolute Gasteiger partial charge is 0.354 e. The maximum atomic E-state index is 12.7. The molecule has 5 nitrogen and oxygen atoms in total. The number of aromatic nitrogens is 2. The van der Waals surface area contributed by atoms with Gasteiger partial charge in [0.25, 0.3) is 0 Å². The zero-order valence-corrected chi connectivity index (χ0v) is 17.8. The van der Waals surface area contributed by atoms with Crippen molar-refractivity contribution in [3.63, 3.8) is 0 Å². The average molecular weight is 438 g/mol. The van der Waals surface area contributed by atoms with E-state index >= 15 is 0 Å². The van der Waals surface area contributed by atoms with Crippen molar-refractivity contribution in [2.75, 3.05) is 25.6 Å². The molecule has 2 aromatic heterocycles. The molecule has 0 radical (unpaired) electrons. The van der Waals surface area contributed by atoms with Crippen LogP contribution in [0.4, 0.5) is 5.69 Å². The van der Waals surface area contributed by atoms with Crippen LogP contribution in [0.25, 0.3) is 22.0 Å². The van der Waals surface area contributed by atoms with Crippen molar-refractivity contribution < 1.29 is 9.53 Å². The summed E-state index contributed by atoms with van der Waals surface area (Å²) in [6.07, 6.45) is 1.89. The second kappa shape index (κ2) is 5.84. The first-order valence-corrected chi connectivity index (χ1v) is 10.3. The Morgan fingerprint density at radius 1 is 1.17 bits per heavy atom. The monoisotopic (exact) mass is 437 g/mol. The summed E-state index contributed by atoms with van der Waals surface area (Å²) in [7, 11) is 3.46. The standard InChI is InChI=1S/C23H17Cl2N3O2/c1-28-10-23(15-8-12(25)4-6-17(15)28)19-14(9-26-20(19)22(29)30-2)18-13-7-11(24)3-5-16(13)27-21(18)23/h3-9,26-27H,10H2,1-2H3/t23-/m1/s1. The predicted octanol–water partition coefficient (Wildman–Crippen LogP) is 5.35. The molecule has 0 saturated carbocycles. The minimum atomic E-state index is -0.575. The number of rotatable bonds is 1. The fourth-order valence-corrected chi connectivity index (χ4v) is 5.70. The minimum absolute atomic E-state index is 0.388. The molecule has 7 heteroatoms. The van der Waals surface area contributed by atoms with Gasteiger partial charge in [-0.05, 0) is 42.0 Å². The van der Waals surface area contributed by atoms with Gasteiger partial charge in [0, 0.05) is 68.8 Å². The molecule has 3 heterocycles. The van der Waals surface area contributed by atoms with Gasteiger partial charge in [0.2, 0.25) is 0 Å². The second-order valence-corrected chi connectivity index (χ2v) is 8.80. The van der Waals surface area contributed by atoms with Crippen LogP contribution in [0, 0.1) is 0 Å². The van der Waals surface area contributed by atoms with Crippen LogP contribution in [0.1, 0.15) is 27.3 Å². The molecule has 4 aromatic rings. The van der Waals surface area contributed by atoms with E-state index in [1.807, 2.05) is 42.6 Å². The van der Waals surface area contributed by atoms with E-state index in [1.165, 1.54) is 7.11 Å². The van der Waals surface area contributed by atoms with Crippen LogP contribution >= 0.6 is 23.2 Å². The van der Waals surface area contributed by atoms with E-state index in [0.29, 0.717) is 22.3 Å². The van der Waals surface area contributed by atoms with Crippen LogP contribution in [0.5, 0.6) is 0 Å². The number of esters is 1. The van der Waals surface area contributed by atoms with E-state index in [4.69, 9.17) is 27.9 Å². The summed E-state index contributed by atoms with van der Waals surface area (Å²) in [4.78, 5) is 21.7. The van der Waals surface area contributed by atoms with Crippen LogP contribution in [-0.2, 0) is 10.2 Å². The summed E-state index contributed by atoms with van der Waals surface area (Å²) in [5, 5.41) is 2.36. The molecule has 2 N–H and O–H groups in total. The fraction of sp³-hybridized carbons (Fsp3) is 0.174. The highest BCUT2D eigenvalue weighted by molar-refractivity contribution is 6.31. The number of carbonyl (C=O) groups excluding carboxylic acids is 1. The number of hydrogen-bond donors (Lipinski definition) is 2. The third-order valence-corrected chi connectivity index (χ3v) is 6.93. The minimum Gasteiger partial charge on any atom is -0.464 e. The molecule has 30 heavy (non-hydrogen) atoms. The normalized spacial score (nSPS) is 18.7. The van der Waals surface area contributed by atoms with E-state index in [9.17, 15) is 4.79 Å². The first kappa shape index (κ1) is 17.9. The lowest BCUT2D eigenvalue weighted by Crippen LogP contribution is -2.34. The molecule has 2 aliphatic rings. The van der Waals surface area contributed by atoms with Gasteiger partial charge in [-0.15, -0.1) is 0 Å². The predicted molar refractivity (Wildman–Crippen MR) is 119 cm³/mol. The highest BCUT2D eigenvalue weighted by Crippen LogP contribution is 2.60. The van der Waals surface area contributed by atoms with Crippen LogP contribution in [-0.4, -0.2) is 36.6 Å². The number of nitrogens with zero attached hydrogens (tertiary/aromatic N) is 1. The van der Waals surface area contributed by atoms with Gasteiger partial charge in [-0.25, -0.2) is 4.79 Å². The van der Waals surface area contributed by atoms with E-state index in [2.05, 4.69) is 21.9 Å². The average Bonchev–Trinajstić information content (AvgIpc) is 3.43. The van der Waals surface area contributed by atoms with Crippen molar-refractivity contribution in [1.29, 1.82) is 0 Å². The summed E-state index contributed by atoms with van der Waals surface area (Å²) in [6.45, 7) is 0.672. The molecule has 0 fully saturated rings. The molecule has 150 valence electrons. The lowest BCUT2D eigenvalue weighted by molar-refractivity contribution is 0.0592. The number of fused-ring (bicyclic) bond motifs is 9. The molecule has 1 aliphatic heterocycles. The number of aromatic amines is 2. The van der Waals surface area contributed by atoms with Gasteiger partial charge in [-0.1, -0.05) is 23.2 Å². The number of halogens is 2. The van der Waals surface area contributed by atoms with Gasteiger partial charge < -0.3 is 19.6 Å². The van der Waals surface area contributed by atoms with Crippen molar-refractivity contribution in [3.05, 3.63) is 75.2 Å². The molecule has 1 aliphatic carbocycles. The topological polar surface area (TPSA) is 61.1 Å². The van der Waals surface area contributed by atoms with Crippen LogP contribution in [0.3, 0.4) is 0 Å². The third-order valence-electron chi connectivity index (χ3n) is 6.46. The maximum absolute atomic E-state index is 12.7. The Morgan fingerprint density at radius 2 is 1.93 bits per heavy atom. The molecule has 1 spiro atoms. The van der Waals surface area contributed by atoms with E-state index in [-0.39, 0.29) is 5.97 Å². The Labute approximate surface area is 182 Å². The lowest BCUT2D eigenvalue weighted by atomic mass is 9.76. The van der Waals surface area contributed by atoms with Gasteiger partial charge in [0.15, 0.2) is 0 Å². The van der Waals surface area contributed by atoms with Gasteiger partial charge in [-0.2, -0.15) is 0 Å². The number of H-pyrrole nitrogens is 2. The summed E-state index contributed by atoms with van der Waals surface area (Å²) < 4.78 is 5.10. The highest BCUT2D eigenvalue weighted by atomic mass is 35.5. The van der Waals surface area contributed by atoms with Gasteiger partial charge in [0.1, 0.15) is 5.69 Å². The number of ether oxygens (including phenoxy) is 1. The Bertz CT molecular complexity index is 1390.